The molecule has 1 heterocycles. The summed E-state index contributed by atoms with van der Waals surface area (Å²) in [6.07, 6.45) is 0.0568. The zero-order valence-corrected chi connectivity index (χ0v) is 18.5. The first-order valence-electron chi connectivity index (χ1n) is 9.96. The van der Waals surface area contributed by atoms with Crippen molar-refractivity contribution in [3.05, 3.63) is 29.8 Å². The summed E-state index contributed by atoms with van der Waals surface area (Å²) in [4.78, 5) is 32.9. The van der Waals surface area contributed by atoms with Gasteiger partial charge in [-0.05, 0) is 49.5 Å². The second-order valence-corrected chi connectivity index (χ2v) is 9.53. The molecular weight excluding hydrogens is 406 g/mol. The number of phenolic OH excluding ortho intramolecular Hbond substituents is 1. The van der Waals surface area contributed by atoms with Crippen molar-refractivity contribution < 1.29 is 39.9 Å². The molecule has 9 heteroatoms. The topological polar surface area (TPSA) is 156 Å². The maximum atomic E-state index is 10.3. The summed E-state index contributed by atoms with van der Waals surface area (Å²) >= 11 is 0. The molecule has 0 amide bonds. The average Bonchev–Trinajstić information content (AvgIpc) is 2.94. The highest BCUT2D eigenvalue weighted by molar-refractivity contribution is 5.88. The van der Waals surface area contributed by atoms with Crippen molar-refractivity contribution in [2.45, 2.75) is 57.5 Å². The first-order valence-corrected chi connectivity index (χ1v) is 9.96. The molecule has 1 aromatic rings. The van der Waals surface area contributed by atoms with Crippen LogP contribution in [0.2, 0.25) is 0 Å². The molecule has 1 aliphatic heterocycles. The molecule has 0 bridgehead atoms. The predicted molar refractivity (Wildman–Crippen MR) is 113 cm³/mol. The van der Waals surface area contributed by atoms with Gasteiger partial charge in [0.05, 0.1) is 12.8 Å². The lowest BCUT2D eigenvalue weighted by molar-refractivity contribution is -0.170. The molecule has 0 spiro atoms. The summed E-state index contributed by atoms with van der Waals surface area (Å²) in [6.45, 7) is 9.14. The number of phenols is 1. The normalized spacial score (nSPS) is 19.4. The molecule has 174 valence electrons. The number of carboxylic acid groups (broad SMARTS) is 3. The zero-order chi connectivity index (χ0) is 24.0. The molecule has 2 rings (SSSR count). The molecule has 1 fully saturated rings. The zero-order valence-electron chi connectivity index (χ0n) is 18.5. The van der Waals surface area contributed by atoms with Crippen LogP contribution in [0.15, 0.2) is 24.3 Å². The fourth-order valence-corrected chi connectivity index (χ4v) is 4.13. The quantitative estimate of drug-likeness (QED) is 0.429. The van der Waals surface area contributed by atoms with E-state index in [0.29, 0.717) is 11.2 Å². The Morgan fingerprint density at radius 3 is 1.97 bits per heavy atom. The number of carboxylic acids is 3. The van der Waals surface area contributed by atoms with E-state index in [0.717, 1.165) is 19.5 Å². The lowest BCUT2D eigenvalue weighted by atomic mass is 9.69. The molecule has 1 aliphatic rings. The van der Waals surface area contributed by atoms with E-state index in [1.165, 1.54) is 12.0 Å². The third kappa shape index (κ3) is 8.18. The van der Waals surface area contributed by atoms with E-state index < -0.39 is 36.4 Å². The van der Waals surface area contributed by atoms with Gasteiger partial charge in [-0.15, -0.1) is 0 Å². The largest absolute Gasteiger partial charge is 0.508 e. The van der Waals surface area contributed by atoms with Gasteiger partial charge in [0.1, 0.15) is 5.75 Å². The molecule has 0 saturated carbocycles. The number of rotatable bonds is 7. The molecule has 31 heavy (non-hydrogen) atoms. The maximum Gasteiger partial charge on any atom is 0.336 e. The van der Waals surface area contributed by atoms with E-state index in [1.807, 2.05) is 12.1 Å². The van der Waals surface area contributed by atoms with Gasteiger partial charge in [-0.25, -0.2) is 4.79 Å². The smallest absolute Gasteiger partial charge is 0.336 e. The van der Waals surface area contributed by atoms with Crippen LogP contribution in [0.25, 0.3) is 0 Å². The van der Waals surface area contributed by atoms with Crippen LogP contribution in [-0.2, 0) is 19.8 Å². The minimum atomic E-state index is -2.74. The summed E-state index contributed by atoms with van der Waals surface area (Å²) < 4.78 is 0. The molecule has 1 saturated heterocycles. The molecule has 0 radical (unpaired) electrons. The Kier molecular flexibility index (Phi) is 8.60. The van der Waals surface area contributed by atoms with Gasteiger partial charge >= 0.3 is 17.9 Å². The van der Waals surface area contributed by atoms with Crippen molar-refractivity contribution in [1.82, 2.24) is 4.90 Å². The Morgan fingerprint density at radius 2 is 1.61 bits per heavy atom. The van der Waals surface area contributed by atoms with Crippen LogP contribution in [0, 0.1) is 5.41 Å². The van der Waals surface area contributed by atoms with Gasteiger partial charge < -0.3 is 30.4 Å². The highest BCUT2D eigenvalue weighted by Crippen LogP contribution is 2.43. The molecule has 1 unspecified atom stereocenters. The van der Waals surface area contributed by atoms with Crippen LogP contribution in [0.4, 0.5) is 0 Å². The molecular formula is C22H33NO8. The van der Waals surface area contributed by atoms with Gasteiger partial charge in [-0.1, -0.05) is 32.9 Å². The first kappa shape index (κ1) is 26.4. The van der Waals surface area contributed by atoms with Gasteiger partial charge in [-0.2, -0.15) is 0 Å². The van der Waals surface area contributed by atoms with E-state index in [-0.39, 0.29) is 5.41 Å². The highest BCUT2D eigenvalue weighted by Gasteiger charge is 2.41. The van der Waals surface area contributed by atoms with Crippen LogP contribution in [0.1, 0.15) is 52.0 Å². The standard InChI is InChI=1S/C16H25NO.C6H8O7/c1-15(2,3)11-16(8-9-17(4)12-16)13-6-5-7-14(18)10-13;7-3(8)1-6(13,5(11)12)2-4(9)10/h5-7,10,18H,8-9,11-12H2,1-4H3;13H,1-2H2,(H,7,8)(H,9,10)(H,11,12). The van der Waals surface area contributed by atoms with E-state index in [4.69, 9.17) is 20.4 Å². The Labute approximate surface area is 181 Å². The highest BCUT2D eigenvalue weighted by atomic mass is 16.4. The van der Waals surface area contributed by atoms with Crippen LogP contribution in [-0.4, -0.2) is 74.1 Å². The number of aromatic hydroxyl groups is 1. The number of likely N-dealkylation sites (N-methyl/N-ethyl adjacent to an activating group) is 1. The van der Waals surface area contributed by atoms with Crippen molar-refractivity contribution >= 4 is 17.9 Å². The third-order valence-corrected chi connectivity index (χ3v) is 5.16. The van der Waals surface area contributed by atoms with Crippen molar-refractivity contribution in [1.29, 1.82) is 0 Å². The second kappa shape index (κ2) is 10.1. The SMILES string of the molecule is CN1CCC(CC(C)(C)C)(c2cccc(O)c2)C1.O=C(O)CC(O)(CC(=O)O)C(=O)O. The lowest BCUT2D eigenvalue weighted by Crippen LogP contribution is -2.42. The molecule has 0 aromatic heterocycles. The number of likely N-dealkylation sites (tertiary alicyclic amines) is 1. The minimum absolute atomic E-state index is 0.200. The number of carbonyl (C=O) groups is 3. The minimum Gasteiger partial charge on any atom is -0.508 e. The summed E-state index contributed by atoms with van der Waals surface area (Å²) in [5.74, 6) is -4.63. The van der Waals surface area contributed by atoms with Crippen LogP contribution < -0.4 is 0 Å². The molecule has 1 aromatic carbocycles. The Hall–Kier alpha value is -2.65. The van der Waals surface area contributed by atoms with Gasteiger partial charge in [0.2, 0.25) is 0 Å². The summed E-state index contributed by atoms with van der Waals surface area (Å²) in [5, 5.41) is 43.5. The number of benzene rings is 1. The van der Waals surface area contributed by atoms with Gasteiger partial charge in [0.15, 0.2) is 5.60 Å². The Morgan fingerprint density at radius 1 is 1.06 bits per heavy atom. The summed E-state index contributed by atoms with van der Waals surface area (Å²) in [7, 11) is 2.19. The van der Waals surface area contributed by atoms with Crippen LogP contribution >= 0.6 is 0 Å². The van der Waals surface area contributed by atoms with Crippen LogP contribution in [0.3, 0.4) is 0 Å². The molecule has 5 N–H and O–H groups in total. The Bertz CT molecular complexity index is 785. The monoisotopic (exact) mass is 439 g/mol. The van der Waals surface area contributed by atoms with Gasteiger partial charge in [0.25, 0.3) is 0 Å². The Balaban J connectivity index is 0.000000330. The van der Waals surface area contributed by atoms with Gasteiger partial charge in [-0.3, -0.25) is 9.59 Å². The number of aliphatic carboxylic acids is 3. The van der Waals surface area contributed by atoms with Crippen molar-refractivity contribution in [2.24, 2.45) is 5.41 Å². The number of hydrogen-bond donors (Lipinski definition) is 5. The second-order valence-electron chi connectivity index (χ2n) is 9.53. The van der Waals surface area contributed by atoms with E-state index in [2.05, 4.69) is 38.8 Å². The van der Waals surface area contributed by atoms with Gasteiger partial charge in [0, 0.05) is 12.0 Å². The van der Waals surface area contributed by atoms with Crippen molar-refractivity contribution in [3.63, 3.8) is 0 Å². The van der Waals surface area contributed by atoms with E-state index in [1.54, 1.807) is 6.07 Å². The third-order valence-electron chi connectivity index (χ3n) is 5.16. The van der Waals surface area contributed by atoms with Crippen LogP contribution in [0.5, 0.6) is 5.75 Å². The summed E-state index contributed by atoms with van der Waals surface area (Å²) in [5.41, 5.74) is -0.943. The molecule has 0 aliphatic carbocycles. The van der Waals surface area contributed by atoms with Crippen molar-refractivity contribution in [2.75, 3.05) is 20.1 Å². The number of hydrogen-bond acceptors (Lipinski definition) is 6. The van der Waals surface area contributed by atoms with Crippen molar-refractivity contribution in [3.8, 4) is 5.75 Å². The molecule has 9 nitrogen and oxygen atoms in total. The number of nitrogens with zero attached hydrogens (tertiary/aromatic N) is 1. The predicted octanol–water partition coefficient (Wildman–Crippen LogP) is 2.15. The number of aliphatic hydroxyl groups is 1. The molecule has 1 atom stereocenters. The summed E-state index contributed by atoms with van der Waals surface area (Å²) in [6, 6.07) is 7.84. The fraction of sp³-hybridized carbons (Fsp3) is 0.591. The average molecular weight is 440 g/mol. The maximum absolute atomic E-state index is 10.3. The first-order chi connectivity index (χ1) is 14.1. The van der Waals surface area contributed by atoms with E-state index in [9.17, 15) is 19.5 Å². The van der Waals surface area contributed by atoms with E-state index >= 15 is 0 Å². The fourth-order valence-electron chi connectivity index (χ4n) is 4.13. The lowest BCUT2D eigenvalue weighted by Gasteiger charge is -2.36.